The molecule has 29 heavy (non-hydrogen) atoms. The molecular formula is C22H26ClN5O. The van der Waals surface area contributed by atoms with Crippen LogP contribution < -0.4 is 16.0 Å². The van der Waals surface area contributed by atoms with E-state index in [4.69, 9.17) is 11.6 Å². The normalized spacial score (nSPS) is 11.5. The number of anilines is 1. The number of carbonyl (C=O) groups is 1. The van der Waals surface area contributed by atoms with Crippen LogP contribution in [0.4, 0.5) is 5.69 Å². The average Bonchev–Trinajstić information content (AvgIpc) is 3.13. The summed E-state index contributed by atoms with van der Waals surface area (Å²) in [6.07, 6.45) is 3.25. The Morgan fingerprint density at radius 3 is 2.72 bits per heavy atom. The van der Waals surface area contributed by atoms with Crippen LogP contribution in [0.1, 0.15) is 17.5 Å². The summed E-state index contributed by atoms with van der Waals surface area (Å²) in [7, 11) is 1.72. The van der Waals surface area contributed by atoms with Crippen LogP contribution in [-0.2, 0) is 11.2 Å². The number of hydrogen-bond donors (Lipinski definition) is 4. The number of hydrogen-bond acceptors (Lipinski definition) is 2. The van der Waals surface area contributed by atoms with Crippen molar-refractivity contribution < 1.29 is 4.79 Å². The summed E-state index contributed by atoms with van der Waals surface area (Å²) in [5.74, 6) is 0.605. The molecule has 0 radical (unpaired) electrons. The van der Waals surface area contributed by atoms with Crippen LogP contribution in [0.25, 0.3) is 10.9 Å². The van der Waals surface area contributed by atoms with Gasteiger partial charge in [0.1, 0.15) is 0 Å². The average molecular weight is 412 g/mol. The minimum atomic E-state index is -0.0721. The zero-order chi connectivity index (χ0) is 20.6. The highest BCUT2D eigenvalue weighted by atomic mass is 35.5. The van der Waals surface area contributed by atoms with Gasteiger partial charge in [0.15, 0.2) is 5.96 Å². The number of nitrogens with one attached hydrogen (secondary N) is 4. The van der Waals surface area contributed by atoms with Crippen LogP contribution in [0, 0.1) is 6.92 Å². The lowest BCUT2D eigenvalue weighted by molar-refractivity contribution is -0.116. The van der Waals surface area contributed by atoms with E-state index in [-0.39, 0.29) is 5.91 Å². The van der Waals surface area contributed by atoms with E-state index in [9.17, 15) is 4.79 Å². The van der Waals surface area contributed by atoms with Crippen LogP contribution in [0.15, 0.2) is 53.7 Å². The zero-order valence-corrected chi connectivity index (χ0v) is 17.4. The van der Waals surface area contributed by atoms with E-state index >= 15 is 0 Å². The predicted octanol–water partition coefficient (Wildman–Crippen LogP) is 3.87. The monoisotopic (exact) mass is 411 g/mol. The lowest BCUT2D eigenvalue weighted by atomic mass is 10.1. The van der Waals surface area contributed by atoms with Gasteiger partial charge in [0.2, 0.25) is 5.91 Å². The quantitative estimate of drug-likeness (QED) is 0.352. The van der Waals surface area contributed by atoms with E-state index in [1.165, 1.54) is 10.9 Å². The molecule has 0 aliphatic carbocycles. The van der Waals surface area contributed by atoms with E-state index in [1.807, 2.05) is 37.4 Å². The number of amides is 1. The van der Waals surface area contributed by atoms with Gasteiger partial charge in [-0.1, -0.05) is 35.9 Å². The molecule has 0 atom stereocenters. The first kappa shape index (κ1) is 20.7. The molecule has 7 heteroatoms. The van der Waals surface area contributed by atoms with Crippen molar-refractivity contribution >= 4 is 40.1 Å². The van der Waals surface area contributed by atoms with Gasteiger partial charge in [-0.3, -0.25) is 9.79 Å². The summed E-state index contributed by atoms with van der Waals surface area (Å²) < 4.78 is 0. The lowest BCUT2D eigenvalue weighted by Gasteiger charge is -2.12. The third-order valence-electron chi connectivity index (χ3n) is 4.77. The maximum absolute atomic E-state index is 12.2. The van der Waals surface area contributed by atoms with Crippen molar-refractivity contribution in [2.75, 3.05) is 25.5 Å². The molecule has 0 bridgehead atoms. The lowest BCUT2D eigenvalue weighted by Crippen LogP contribution is -2.39. The number of aromatic amines is 1. The minimum absolute atomic E-state index is 0.0721. The number of para-hydroxylation sites is 1. The Kier molecular flexibility index (Phi) is 7.14. The molecule has 6 nitrogen and oxygen atoms in total. The van der Waals surface area contributed by atoms with E-state index in [0.717, 1.165) is 29.7 Å². The van der Waals surface area contributed by atoms with Crippen molar-refractivity contribution in [3.63, 3.8) is 0 Å². The first-order chi connectivity index (χ1) is 14.1. The Hall–Kier alpha value is -2.99. The number of guanidine groups is 1. The van der Waals surface area contributed by atoms with Crippen molar-refractivity contribution in [1.29, 1.82) is 0 Å². The summed E-state index contributed by atoms with van der Waals surface area (Å²) in [5.41, 5.74) is 4.01. The molecule has 152 valence electrons. The van der Waals surface area contributed by atoms with E-state index < -0.39 is 0 Å². The maximum atomic E-state index is 12.2. The molecule has 0 unspecified atom stereocenters. The van der Waals surface area contributed by atoms with Crippen LogP contribution >= 0.6 is 11.6 Å². The molecule has 0 saturated carbocycles. The Labute approximate surface area is 175 Å². The van der Waals surface area contributed by atoms with Crippen molar-refractivity contribution in [2.45, 2.75) is 19.8 Å². The molecule has 0 fully saturated rings. The van der Waals surface area contributed by atoms with Crippen LogP contribution in [-0.4, -0.2) is 37.0 Å². The SMILES string of the molecule is CN=C(NCCC(=O)Nc1cccc(Cl)c1C)NCCc1c[nH]c2ccccc12. The summed E-state index contributed by atoms with van der Waals surface area (Å²) in [4.78, 5) is 19.7. The number of aliphatic imine (C=N–C) groups is 1. The number of aromatic nitrogens is 1. The highest BCUT2D eigenvalue weighted by Crippen LogP contribution is 2.23. The van der Waals surface area contributed by atoms with Crippen molar-refractivity contribution in [3.05, 3.63) is 64.8 Å². The molecule has 1 heterocycles. The summed E-state index contributed by atoms with van der Waals surface area (Å²) >= 11 is 6.09. The third kappa shape index (κ3) is 5.51. The number of halogens is 1. The first-order valence-corrected chi connectivity index (χ1v) is 10.0. The Morgan fingerprint density at radius 2 is 1.90 bits per heavy atom. The number of nitrogens with zero attached hydrogens (tertiary/aromatic N) is 1. The second-order valence-corrected chi connectivity index (χ2v) is 7.15. The van der Waals surface area contributed by atoms with Crippen molar-refractivity contribution in [3.8, 4) is 0 Å². The molecule has 2 aromatic carbocycles. The second kappa shape index (κ2) is 9.98. The largest absolute Gasteiger partial charge is 0.361 e. The summed E-state index contributed by atoms with van der Waals surface area (Å²) in [6, 6.07) is 13.7. The van der Waals surface area contributed by atoms with Gasteiger partial charge in [0.25, 0.3) is 0 Å². The smallest absolute Gasteiger partial charge is 0.226 e. The highest BCUT2D eigenvalue weighted by molar-refractivity contribution is 6.31. The first-order valence-electron chi connectivity index (χ1n) is 9.63. The fraction of sp³-hybridized carbons (Fsp3) is 0.273. The van der Waals surface area contributed by atoms with E-state index in [1.54, 1.807) is 13.1 Å². The van der Waals surface area contributed by atoms with Gasteiger partial charge >= 0.3 is 0 Å². The number of rotatable bonds is 7. The number of H-pyrrole nitrogens is 1. The van der Waals surface area contributed by atoms with E-state index in [2.05, 4.69) is 38.1 Å². The molecule has 3 aromatic rings. The van der Waals surface area contributed by atoms with Gasteiger partial charge < -0.3 is 20.9 Å². The Balaban J connectivity index is 1.41. The molecule has 4 N–H and O–H groups in total. The van der Waals surface area contributed by atoms with Gasteiger partial charge in [-0.15, -0.1) is 0 Å². The van der Waals surface area contributed by atoms with Gasteiger partial charge in [-0.25, -0.2) is 0 Å². The molecule has 1 amide bonds. The predicted molar refractivity (Wildman–Crippen MR) is 121 cm³/mol. The fourth-order valence-corrected chi connectivity index (χ4v) is 3.30. The van der Waals surface area contributed by atoms with Crippen LogP contribution in [0.2, 0.25) is 5.02 Å². The summed E-state index contributed by atoms with van der Waals surface area (Å²) in [6.45, 7) is 3.11. The molecule has 0 aliphatic rings. The topological polar surface area (TPSA) is 81.3 Å². The van der Waals surface area contributed by atoms with E-state index in [0.29, 0.717) is 23.9 Å². The second-order valence-electron chi connectivity index (χ2n) is 6.75. The standard InChI is InChI=1S/C22H26ClN5O/c1-15-18(23)7-5-9-19(15)28-21(29)11-13-26-22(24-2)25-12-10-16-14-27-20-8-4-3-6-17(16)20/h3-9,14,27H,10-13H2,1-2H3,(H,28,29)(H2,24,25,26). The molecular weight excluding hydrogens is 386 g/mol. The molecule has 0 spiro atoms. The van der Waals surface area contributed by atoms with Crippen molar-refractivity contribution in [2.24, 2.45) is 4.99 Å². The molecule has 1 aromatic heterocycles. The van der Waals surface area contributed by atoms with Crippen LogP contribution in [0.5, 0.6) is 0 Å². The third-order valence-corrected chi connectivity index (χ3v) is 5.18. The molecule has 0 saturated heterocycles. The number of benzene rings is 2. The highest BCUT2D eigenvalue weighted by Gasteiger charge is 2.08. The minimum Gasteiger partial charge on any atom is -0.361 e. The Bertz CT molecular complexity index is 1010. The van der Waals surface area contributed by atoms with Crippen LogP contribution in [0.3, 0.4) is 0 Å². The Morgan fingerprint density at radius 1 is 1.10 bits per heavy atom. The zero-order valence-electron chi connectivity index (χ0n) is 16.7. The number of fused-ring (bicyclic) bond motifs is 1. The van der Waals surface area contributed by atoms with Crippen molar-refractivity contribution in [1.82, 2.24) is 15.6 Å². The fourth-order valence-electron chi connectivity index (χ4n) is 3.12. The maximum Gasteiger partial charge on any atom is 0.226 e. The van der Waals surface area contributed by atoms with Gasteiger partial charge in [0.05, 0.1) is 0 Å². The van der Waals surface area contributed by atoms with Gasteiger partial charge in [-0.05, 0) is 42.7 Å². The summed E-state index contributed by atoms with van der Waals surface area (Å²) in [5, 5.41) is 11.2. The molecule has 0 aliphatic heterocycles. The van der Waals surface area contributed by atoms with Gasteiger partial charge in [0, 0.05) is 54.4 Å². The van der Waals surface area contributed by atoms with Gasteiger partial charge in [-0.2, -0.15) is 0 Å². The molecule has 3 rings (SSSR count). The number of carbonyl (C=O) groups excluding carboxylic acids is 1.